The average molecular weight is 337 g/mol. The van der Waals surface area contributed by atoms with Gasteiger partial charge in [-0.2, -0.15) is 0 Å². The van der Waals surface area contributed by atoms with Crippen LogP contribution in [-0.4, -0.2) is 33.7 Å². The molecule has 24 heavy (non-hydrogen) atoms. The van der Waals surface area contributed by atoms with Crippen LogP contribution in [-0.2, 0) is 6.54 Å². The van der Waals surface area contributed by atoms with E-state index in [4.69, 9.17) is 4.42 Å². The predicted octanol–water partition coefficient (Wildman–Crippen LogP) is 2.28. The highest BCUT2D eigenvalue weighted by molar-refractivity contribution is 5.75. The average Bonchev–Trinajstić information content (AvgIpc) is 3.13. The van der Waals surface area contributed by atoms with E-state index >= 15 is 0 Å². The number of β-amino-alcohol motifs (C(OH)–C–C–N with tert-alkyl or cyclic N) is 1. The normalized spacial score (nSPS) is 20.4. The molecule has 1 aromatic heterocycles. The largest absolute Gasteiger partial charge is 0.448 e. The van der Waals surface area contributed by atoms with E-state index in [9.17, 15) is 18.7 Å². The Kier molecular flexibility index (Phi) is 4.48. The lowest BCUT2D eigenvalue weighted by molar-refractivity contribution is 0.169. The van der Waals surface area contributed by atoms with E-state index in [-0.39, 0.29) is 25.1 Å². The van der Waals surface area contributed by atoms with Gasteiger partial charge in [-0.25, -0.2) is 18.6 Å². The van der Waals surface area contributed by atoms with E-state index in [0.717, 1.165) is 18.2 Å². The topological polar surface area (TPSA) is 78.6 Å². The third kappa shape index (κ3) is 3.23. The predicted molar refractivity (Wildman–Crippen MR) is 79.9 cm³/mol. The number of aryl methyl sites for hydroxylation is 1. The lowest BCUT2D eigenvalue weighted by Crippen LogP contribution is -2.40. The Hall–Kier alpha value is -2.48. The molecule has 2 atom stereocenters. The van der Waals surface area contributed by atoms with E-state index in [1.54, 1.807) is 6.92 Å². The molecule has 1 saturated heterocycles. The van der Waals surface area contributed by atoms with Gasteiger partial charge in [0.25, 0.3) is 0 Å². The Balaban J connectivity index is 1.76. The summed E-state index contributed by atoms with van der Waals surface area (Å²) in [6.07, 6.45) is 0.634. The second-order valence-corrected chi connectivity index (χ2v) is 5.74. The summed E-state index contributed by atoms with van der Waals surface area (Å²) >= 11 is 0. The maximum atomic E-state index is 14.0. The van der Waals surface area contributed by atoms with Crippen molar-refractivity contribution < 1.29 is 23.1 Å². The number of aromatic nitrogens is 1. The van der Waals surface area contributed by atoms with Crippen molar-refractivity contribution >= 4 is 6.03 Å². The second-order valence-electron chi connectivity index (χ2n) is 5.74. The quantitative estimate of drug-likeness (QED) is 0.901. The molecule has 1 aliphatic rings. The first-order valence-corrected chi connectivity index (χ1v) is 7.52. The molecule has 0 saturated carbocycles. The van der Waals surface area contributed by atoms with Gasteiger partial charge in [-0.1, -0.05) is 0 Å². The van der Waals surface area contributed by atoms with Crippen molar-refractivity contribution in [2.24, 2.45) is 0 Å². The lowest BCUT2D eigenvalue weighted by atomic mass is 10.0. The monoisotopic (exact) mass is 337 g/mol. The molecule has 2 amide bonds. The van der Waals surface area contributed by atoms with Gasteiger partial charge in [0.15, 0.2) is 6.39 Å². The van der Waals surface area contributed by atoms with Crippen LogP contribution in [0, 0.1) is 18.6 Å². The molecule has 0 radical (unpaired) electrons. The third-order valence-electron chi connectivity index (χ3n) is 4.11. The highest BCUT2D eigenvalue weighted by Crippen LogP contribution is 2.34. The van der Waals surface area contributed by atoms with E-state index < -0.39 is 29.8 Å². The number of carbonyl (C=O) groups excluding carboxylic acids is 1. The van der Waals surface area contributed by atoms with Crippen molar-refractivity contribution in [1.29, 1.82) is 0 Å². The molecule has 2 heterocycles. The first-order chi connectivity index (χ1) is 11.5. The first-order valence-electron chi connectivity index (χ1n) is 7.52. The maximum Gasteiger partial charge on any atom is 0.318 e. The molecule has 2 N–H and O–H groups in total. The fraction of sp³-hybridized carbons (Fsp3) is 0.375. The van der Waals surface area contributed by atoms with E-state index in [0.29, 0.717) is 11.5 Å². The standard InChI is InChI=1S/C16H17F2N3O3/c1-9-14(20-8-24-9)6-19-16(23)21-7-11(22)5-15(21)12-4-10(17)2-3-13(12)18/h2-4,8,11,15,22H,5-7H2,1H3,(H,19,23). The summed E-state index contributed by atoms with van der Waals surface area (Å²) in [7, 11) is 0. The number of nitrogens with one attached hydrogen (secondary N) is 1. The SMILES string of the molecule is Cc1ocnc1CNC(=O)N1CC(O)CC1c1cc(F)ccc1F. The maximum absolute atomic E-state index is 14.0. The first kappa shape index (κ1) is 16.4. The summed E-state index contributed by atoms with van der Waals surface area (Å²) in [5, 5.41) is 12.5. The van der Waals surface area contributed by atoms with Gasteiger partial charge >= 0.3 is 6.03 Å². The molecule has 0 aliphatic carbocycles. The van der Waals surface area contributed by atoms with Crippen LogP contribution < -0.4 is 5.32 Å². The van der Waals surface area contributed by atoms with Crippen LogP contribution in [0.15, 0.2) is 29.0 Å². The minimum Gasteiger partial charge on any atom is -0.448 e. The molecule has 8 heteroatoms. The van der Waals surface area contributed by atoms with Crippen LogP contribution >= 0.6 is 0 Å². The van der Waals surface area contributed by atoms with Crippen molar-refractivity contribution in [2.75, 3.05) is 6.54 Å². The molecular formula is C16H17F2N3O3. The van der Waals surface area contributed by atoms with Gasteiger partial charge in [-0.3, -0.25) is 0 Å². The van der Waals surface area contributed by atoms with E-state index in [2.05, 4.69) is 10.3 Å². The number of likely N-dealkylation sites (tertiary alicyclic amines) is 1. The number of benzene rings is 1. The Morgan fingerprint density at radius 3 is 3.00 bits per heavy atom. The van der Waals surface area contributed by atoms with Gasteiger partial charge in [0.2, 0.25) is 0 Å². The fourth-order valence-electron chi connectivity index (χ4n) is 2.86. The number of halogens is 2. The molecular weight excluding hydrogens is 320 g/mol. The number of oxazole rings is 1. The minimum absolute atomic E-state index is 0.0459. The molecule has 2 unspecified atom stereocenters. The molecule has 3 rings (SSSR count). The van der Waals surface area contributed by atoms with Crippen LogP contribution in [0.1, 0.15) is 29.5 Å². The number of carbonyl (C=O) groups is 1. The highest BCUT2D eigenvalue weighted by Gasteiger charge is 2.36. The van der Waals surface area contributed by atoms with E-state index in [1.807, 2.05) is 0 Å². The van der Waals surface area contributed by atoms with Crippen molar-refractivity contribution in [3.05, 3.63) is 53.2 Å². The number of amides is 2. The molecule has 0 bridgehead atoms. The van der Waals surface area contributed by atoms with E-state index in [1.165, 1.54) is 11.3 Å². The zero-order valence-electron chi connectivity index (χ0n) is 13.0. The number of urea groups is 1. The van der Waals surface area contributed by atoms with Crippen LogP contribution in [0.5, 0.6) is 0 Å². The number of hydrogen-bond donors (Lipinski definition) is 2. The summed E-state index contributed by atoms with van der Waals surface area (Å²) in [5.74, 6) is -0.614. The smallest absolute Gasteiger partial charge is 0.318 e. The number of nitrogens with zero attached hydrogens (tertiary/aromatic N) is 2. The molecule has 128 valence electrons. The summed E-state index contributed by atoms with van der Waals surface area (Å²) in [5.41, 5.74) is 0.635. The summed E-state index contributed by atoms with van der Waals surface area (Å²) < 4.78 is 32.5. The van der Waals surface area contributed by atoms with Crippen molar-refractivity contribution in [3.63, 3.8) is 0 Å². The molecule has 6 nitrogen and oxygen atoms in total. The Labute approximate surface area is 137 Å². The summed E-state index contributed by atoms with van der Waals surface area (Å²) in [6, 6.07) is 1.88. The lowest BCUT2D eigenvalue weighted by Gasteiger charge is -2.25. The Bertz CT molecular complexity index is 750. The van der Waals surface area contributed by atoms with Crippen LogP contribution in [0.3, 0.4) is 0 Å². The van der Waals surface area contributed by atoms with Crippen LogP contribution in [0.2, 0.25) is 0 Å². The number of rotatable bonds is 3. The fourth-order valence-corrected chi connectivity index (χ4v) is 2.86. The molecule has 1 aromatic carbocycles. The molecule has 0 spiro atoms. The number of aliphatic hydroxyl groups is 1. The number of aliphatic hydroxyl groups excluding tert-OH is 1. The van der Waals surface area contributed by atoms with Gasteiger partial charge < -0.3 is 19.7 Å². The third-order valence-corrected chi connectivity index (χ3v) is 4.11. The van der Waals surface area contributed by atoms with Gasteiger partial charge in [0.05, 0.1) is 18.7 Å². The summed E-state index contributed by atoms with van der Waals surface area (Å²) in [6.45, 7) is 1.91. The van der Waals surface area contributed by atoms with Crippen molar-refractivity contribution in [2.45, 2.75) is 32.0 Å². The number of hydrogen-bond acceptors (Lipinski definition) is 4. The second kappa shape index (κ2) is 6.56. The zero-order valence-corrected chi connectivity index (χ0v) is 13.0. The molecule has 1 fully saturated rings. The van der Waals surface area contributed by atoms with Gasteiger partial charge in [0.1, 0.15) is 23.1 Å². The van der Waals surface area contributed by atoms with Crippen molar-refractivity contribution in [3.8, 4) is 0 Å². The van der Waals surface area contributed by atoms with Crippen molar-refractivity contribution in [1.82, 2.24) is 15.2 Å². The highest BCUT2D eigenvalue weighted by atomic mass is 19.1. The van der Waals surface area contributed by atoms with Gasteiger partial charge in [-0.05, 0) is 31.5 Å². The van der Waals surface area contributed by atoms with Gasteiger partial charge in [-0.15, -0.1) is 0 Å². The van der Waals surface area contributed by atoms with Crippen LogP contribution in [0.4, 0.5) is 13.6 Å². The Morgan fingerprint density at radius 2 is 2.29 bits per heavy atom. The summed E-state index contributed by atoms with van der Waals surface area (Å²) in [4.78, 5) is 17.7. The molecule has 1 aliphatic heterocycles. The van der Waals surface area contributed by atoms with Crippen LogP contribution in [0.25, 0.3) is 0 Å². The minimum atomic E-state index is -0.794. The van der Waals surface area contributed by atoms with Gasteiger partial charge in [0, 0.05) is 12.1 Å². The zero-order chi connectivity index (χ0) is 17.3. The Morgan fingerprint density at radius 1 is 1.50 bits per heavy atom. The molecule has 2 aromatic rings.